The first kappa shape index (κ1) is 12.5. The van der Waals surface area contributed by atoms with Crippen LogP contribution in [-0.2, 0) is 0 Å². The molecule has 2 rings (SSSR count). The molecule has 2 N–H and O–H groups in total. The molecule has 0 radical (unpaired) electrons. The molecule has 1 saturated heterocycles. The highest BCUT2D eigenvalue weighted by atomic mass is 16.3. The van der Waals surface area contributed by atoms with E-state index >= 15 is 0 Å². The van der Waals surface area contributed by atoms with Crippen LogP contribution < -0.4 is 5.32 Å². The predicted molar refractivity (Wildman–Crippen MR) is 66.5 cm³/mol. The summed E-state index contributed by atoms with van der Waals surface area (Å²) in [4.78, 5) is 8.35. The summed E-state index contributed by atoms with van der Waals surface area (Å²) >= 11 is 0. The van der Waals surface area contributed by atoms with Gasteiger partial charge in [-0.15, -0.1) is 0 Å². The number of aromatic nitrogens is 2. The van der Waals surface area contributed by atoms with E-state index in [9.17, 15) is 5.11 Å². The predicted octanol–water partition coefficient (Wildman–Crippen LogP) is 1.60. The fourth-order valence-corrected chi connectivity index (χ4v) is 2.49. The van der Waals surface area contributed by atoms with Crippen molar-refractivity contribution in [2.45, 2.75) is 45.3 Å². The molecule has 1 aliphatic rings. The summed E-state index contributed by atoms with van der Waals surface area (Å²) in [6, 6.07) is 1.93. The Bertz CT molecular complexity index is 369. The Hall–Kier alpha value is -1.00. The van der Waals surface area contributed by atoms with E-state index < -0.39 is 6.10 Å². The molecule has 0 amide bonds. The number of piperidine rings is 1. The van der Waals surface area contributed by atoms with E-state index in [0.717, 1.165) is 24.6 Å². The van der Waals surface area contributed by atoms with Crippen LogP contribution in [-0.4, -0.2) is 27.7 Å². The lowest BCUT2D eigenvalue weighted by molar-refractivity contribution is 0.0941. The molecular weight excluding hydrogens is 214 g/mol. The highest BCUT2D eigenvalue weighted by Gasteiger charge is 2.27. The first-order valence-corrected chi connectivity index (χ1v) is 6.41. The number of hydrogen-bond donors (Lipinski definition) is 2. The van der Waals surface area contributed by atoms with E-state index in [0.29, 0.717) is 5.82 Å². The molecule has 4 heteroatoms. The molecular formula is C13H21N3O. The SMILES string of the molecule is CCC1CCNC(C(O)c2ccnc(C)n2)C1. The highest BCUT2D eigenvalue weighted by molar-refractivity contribution is 5.08. The van der Waals surface area contributed by atoms with Gasteiger partial charge in [0.05, 0.1) is 5.69 Å². The monoisotopic (exact) mass is 235 g/mol. The lowest BCUT2D eigenvalue weighted by atomic mass is 9.87. The Kier molecular flexibility index (Phi) is 4.07. The summed E-state index contributed by atoms with van der Waals surface area (Å²) in [7, 11) is 0. The number of hydrogen-bond acceptors (Lipinski definition) is 4. The summed E-state index contributed by atoms with van der Waals surface area (Å²) in [5.74, 6) is 1.43. The number of rotatable bonds is 3. The Morgan fingerprint density at radius 3 is 3.12 bits per heavy atom. The summed E-state index contributed by atoms with van der Waals surface area (Å²) in [5, 5.41) is 13.7. The van der Waals surface area contributed by atoms with Crippen LogP contribution in [0.5, 0.6) is 0 Å². The smallest absolute Gasteiger partial charge is 0.125 e. The third-order valence-corrected chi connectivity index (χ3v) is 3.61. The van der Waals surface area contributed by atoms with Crippen molar-refractivity contribution < 1.29 is 5.11 Å². The topological polar surface area (TPSA) is 58.0 Å². The Balaban J connectivity index is 2.06. The minimum atomic E-state index is -0.522. The van der Waals surface area contributed by atoms with Crippen LogP contribution in [0.3, 0.4) is 0 Å². The van der Waals surface area contributed by atoms with Crippen LogP contribution in [0.1, 0.15) is 43.8 Å². The van der Waals surface area contributed by atoms with E-state index in [2.05, 4.69) is 22.2 Å². The van der Waals surface area contributed by atoms with Gasteiger partial charge in [-0.3, -0.25) is 0 Å². The van der Waals surface area contributed by atoms with Gasteiger partial charge in [0, 0.05) is 12.2 Å². The van der Waals surface area contributed by atoms with Gasteiger partial charge in [0.25, 0.3) is 0 Å². The first-order valence-electron chi connectivity index (χ1n) is 6.41. The van der Waals surface area contributed by atoms with Crippen LogP contribution >= 0.6 is 0 Å². The van der Waals surface area contributed by atoms with Crippen LogP contribution in [0.25, 0.3) is 0 Å². The average Bonchev–Trinajstić information content (AvgIpc) is 2.38. The maximum absolute atomic E-state index is 10.3. The Labute approximate surface area is 102 Å². The number of aliphatic hydroxyl groups excluding tert-OH is 1. The number of aliphatic hydroxyl groups is 1. The molecule has 0 saturated carbocycles. The van der Waals surface area contributed by atoms with Crippen molar-refractivity contribution in [2.75, 3.05) is 6.54 Å². The zero-order valence-corrected chi connectivity index (χ0v) is 10.6. The third kappa shape index (κ3) is 3.01. The molecule has 94 valence electrons. The largest absolute Gasteiger partial charge is 0.385 e. The van der Waals surface area contributed by atoms with Gasteiger partial charge in [-0.05, 0) is 38.3 Å². The van der Waals surface area contributed by atoms with Gasteiger partial charge in [-0.25, -0.2) is 9.97 Å². The zero-order chi connectivity index (χ0) is 12.3. The van der Waals surface area contributed by atoms with E-state index in [1.165, 1.54) is 12.8 Å². The van der Waals surface area contributed by atoms with E-state index in [-0.39, 0.29) is 6.04 Å². The van der Waals surface area contributed by atoms with Gasteiger partial charge in [0.1, 0.15) is 11.9 Å². The van der Waals surface area contributed by atoms with Gasteiger partial charge >= 0.3 is 0 Å². The second-order valence-electron chi connectivity index (χ2n) is 4.83. The minimum Gasteiger partial charge on any atom is -0.385 e. The highest BCUT2D eigenvalue weighted by Crippen LogP contribution is 2.26. The van der Waals surface area contributed by atoms with Gasteiger partial charge < -0.3 is 10.4 Å². The van der Waals surface area contributed by atoms with Gasteiger partial charge in [0.15, 0.2) is 0 Å². The van der Waals surface area contributed by atoms with E-state index in [4.69, 9.17) is 0 Å². The van der Waals surface area contributed by atoms with E-state index in [1.807, 2.05) is 6.92 Å². The molecule has 1 aromatic rings. The summed E-state index contributed by atoms with van der Waals surface area (Å²) < 4.78 is 0. The first-order chi connectivity index (χ1) is 8.20. The summed E-state index contributed by atoms with van der Waals surface area (Å²) in [5.41, 5.74) is 0.728. The molecule has 3 unspecified atom stereocenters. The molecule has 0 aliphatic carbocycles. The second kappa shape index (κ2) is 5.56. The van der Waals surface area contributed by atoms with Crippen LogP contribution in [0.15, 0.2) is 12.3 Å². The van der Waals surface area contributed by atoms with Crippen LogP contribution in [0.2, 0.25) is 0 Å². The van der Waals surface area contributed by atoms with Crippen molar-refractivity contribution in [3.63, 3.8) is 0 Å². The van der Waals surface area contributed by atoms with Crippen molar-refractivity contribution in [1.29, 1.82) is 0 Å². The number of nitrogens with one attached hydrogen (secondary N) is 1. The Morgan fingerprint density at radius 2 is 2.41 bits per heavy atom. The second-order valence-corrected chi connectivity index (χ2v) is 4.83. The maximum Gasteiger partial charge on any atom is 0.125 e. The zero-order valence-electron chi connectivity index (χ0n) is 10.6. The van der Waals surface area contributed by atoms with Gasteiger partial charge in [-0.1, -0.05) is 13.3 Å². The standard InChI is InChI=1S/C13H21N3O/c1-3-10-4-6-15-12(8-10)13(17)11-5-7-14-9(2)16-11/h5,7,10,12-13,15,17H,3-4,6,8H2,1-2H3. The van der Waals surface area contributed by atoms with Crippen molar-refractivity contribution >= 4 is 0 Å². The molecule has 0 aromatic carbocycles. The van der Waals surface area contributed by atoms with Crippen LogP contribution in [0, 0.1) is 12.8 Å². The number of nitrogens with zero attached hydrogens (tertiary/aromatic N) is 2. The molecule has 1 aromatic heterocycles. The van der Waals surface area contributed by atoms with Crippen molar-refractivity contribution in [3.05, 3.63) is 23.8 Å². The normalized spacial score (nSPS) is 26.8. The number of aryl methyl sites for hydroxylation is 1. The minimum absolute atomic E-state index is 0.128. The van der Waals surface area contributed by atoms with Crippen molar-refractivity contribution in [2.24, 2.45) is 5.92 Å². The molecule has 17 heavy (non-hydrogen) atoms. The molecule has 3 atom stereocenters. The van der Waals surface area contributed by atoms with Gasteiger partial charge in [-0.2, -0.15) is 0 Å². The lowest BCUT2D eigenvalue weighted by Crippen LogP contribution is -2.42. The fraction of sp³-hybridized carbons (Fsp3) is 0.692. The summed E-state index contributed by atoms with van der Waals surface area (Å²) in [6.07, 6.45) is 4.61. The third-order valence-electron chi connectivity index (χ3n) is 3.61. The molecule has 1 aliphatic heterocycles. The summed E-state index contributed by atoms with van der Waals surface area (Å²) in [6.45, 7) is 5.05. The molecule has 4 nitrogen and oxygen atoms in total. The average molecular weight is 235 g/mol. The Morgan fingerprint density at radius 1 is 1.59 bits per heavy atom. The lowest BCUT2D eigenvalue weighted by Gasteiger charge is -2.32. The molecule has 0 bridgehead atoms. The maximum atomic E-state index is 10.3. The van der Waals surface area contributed by atoms with Crippen molar-refractivity contribution in [1.82, 2.24) is 15.3 Å². The van der Waals surface area contributed by atoms with Gasteiger partial charge in [0.2, 0.25) is 0 Å². The van der Waals surface area contributed by atoms with Crippen LogP contribution in [0.4, 0.5) is 0 Å². The quantitative estimate of drug-likeness (QED) is 0.835. The van der Waals surface area contributed by atoms with E-state index in [1.54, 1.807) is 12.3 Å². The fourth-order valence-electron chi connectivity index (χ4n) is 2.49. The molecule has 2 heterocycles. The molecule has 0 spiro atoms. The van der Waals surface area contributed by atoms with Crippen molar-refractivity contribution in [3.8, 4) is 0 Å². The molecule has 1 fully saturated rings.